The van der Waals surface area contributed by atoms with Gasteiger partial charge in [0.2, 0.25) is 15.9 Å². The number of sulfonamides is 1. The fourth-order valence-electron chi connectivity index (χ4n) is 4.17. The van der Waals surface area contributed by atoms with Gasteiger partial charge in [0.05, 0.1) is 24.0 Å². The Hall–Kier alpha value is -1.90. The number of piperidine rings is 1. The summed E-state index contributed by atoms with van der Waals surface area (Å²) in [5.74, 6) is -0.217. The van der Waals surface area contributed by atoms with Crippen molar-refractivity contribution in [1.29, 1.82) is 0 Å². The van der Waals surface area contributed by atoms with Gasteiger partial charge in [0.1, 0.15) is 0 Å². The fourth-order valence-corrected chi connectivity index (χ4v) is 5.73. The Bertz CT molecular complexity index is 963. The molecule has 8 heteroatoms. The maximum atomic E-state index is 13.2. The second-order valence-corrected chi connectivity index (χ2v) is 9.40. The third-order valence-electron chi connectivity index (χ3n) is 5.78. The first-order chi connectivity index (χ1) is 13.5. The Morgan fingerprint density at radius 3 is 2.71 bits per heavy atom. The highest BCUT2D eigenvalue weighted by Gasteiger charge is 2.35. The number of morpholine rings is 1. The van der Waals surface area contributed by atoms with Crippen molar-refractivity contribution in [2.75, 3.05) is 39.4 Å². The van der Waals surface area contributed by atoms with E-state index in [0.717, 1.165) is 23.9 Å². The number of amides is 1. The van der Waals surface area contributed by atoms with Crippen LogP contribution in [-0.2, 0) is 26.1 Å². The number of nitrogens with zero attached hydrogens (tertiary/aromatic N) is 3. The van der Waals surface area contributed by atoms with Crippen molar-refractivity contribution >= 4 is 26.8 Å². The second kappa shape index (κ2) is 7.85. The van der Waals surface area contributed by atoms with E-state index in [2.05, 4.69) is 11.5 Å². The van der Waals surface area contributed by atoms with Gasteiger partial charge in [0.15, 0.2) is 0 Å². The molecule has 1 amide bonds. The van der Waals surface area contributed by atoms with Crippen molar-refractivity contribution in [1.82, 2.24) is 13.8 Å². The molecule has 0 radical (unpaired) electrons. The summed E-state index contributed by atoms with van der Waals surface area (Å²) >= 11 is 0. The minimum Gasteiger partial charge on any atom is -0.378 e. The molecule has 0 N–H and O–H groups in total. The highest BCUT2D eigenvalue weighted by Crippen LogP contribution is 2.27. The molecule has 2 fully saturated rings. The van der Waals surface area contributed by atoms with E-state index >= 15 is 0 Å². The first kappa shape index (κ1) is 19.4. The topological polar surface area (TPSA) is 71.9 Å². The summed E-state index contributed by atoms with van der Waals surface area (Å²) < 4.78 is 35.3. The van der Waals surface area contributed by atoms with Crippen molar-refractivity contribution in [3.8, 4) is 0 Å². The number of benzene rings is 1. The number of aromatic nitrogens is 1. The molecule has 1 atom stereocenters. The summed E-state index contributed by atoms with van der Waals surface area (Å²) in [6, 6.07) is 7.23. The van der Waals surface area contributed by atoms with Gasteiger partial charge in [0, 0.05) is 49.8 Å². The molecule has 2 aliphatic rings. The zero-order valence-electron chi connectivity index (χ0n) is 16.2. The Kier molecular flexibility index (Phi) is 5.44. The largest absolute Gasteiger partial charge is 0.378 e. The normalized spacial score (nSPS) is 21.9. The van der Waals surface area contributed by atoms with Crippen LogP contribution in [0.4, 0.5) is 0 Å². The number of ether oxygens (including phenoxy) is 1. The van der Waals surface area contributed by atoms with Gasteiger partial charge in [0.25, 0.3) is 0 Å². The Morgan fingerprint density at radius 2 is 1.96 bits per heavy atom. The van der Waals surface area contributed by atoms with E-state index in [4.69, 9.17) is 4.74 Å². The maximum Gasteiger partial charge on any atom is 0.243 e. The second-order valence-electron chi connectivity index (χ2n) is 7.46. The molecule has 2 saturated heterocycles. The molecule has 1 aromatic heterocycles. The summed E-state index contributed by atoms with van der Waals surface area (Å²) in [4.78, 5) is 14.9. The van der Waals surface area contributed by atoms with E-state index in [9.17, 15) is 13.2 Å². The van der Waals surface area contributed by atoms with E-state index in [-0.39, 0.29) is 18.4 Å². The van der Waals surface area contributed by atoms with Crippen molar-refractivity contribution in [2.45, 2.75) is 31.2 Å². The lowest BCUT2D eigenvalue weighted by atomic mass is 9.98. The molecule has 0 spiro atoms. The lowest BCUT2D eigenvalue weighted by Crippen LogP contribution is -2.49. The lowest BCUT2D eigenvalue weighted by molar-refractivity contribution is -0.140. The lowest BCUT2D eigenvalue weighted by Gasteiger charge is -2.35. The van der Waals surface area contributed by atoms with Crippen LogP contribution in [0.1, 0.15) is 19.8 Å². The van der Waals surface area contributed by atoms with Crippen LogP contribution < -0.4 is 0 Å². The summed E-state index contributed by atoms with van der Waals surface area (Å²) in [5, 5.41) is 0.917. The number of rotatable bonds is 4. The number of carbonyl (C=O) groups excluding carboxylic acids is 1. The molecule has 2 aliphatic heterocycles. The Labute approximate surface area is 165 Å². The van der Waals surface area contributed by atoms with E-state index in [0.29, 0.717) is 44.2 Å². The minimum absolute atomic E-state index is 0.0543. The SMILES string of the molecule is CCn1ccc2cc(S(=O)(=O)N3CCCC(C(=O)N4CCOCC4)C3)ccc21. The summed E-state index contributed by atoms with van der Waals surface area (Å²) in [6.45, 7) is 5.91. The van der Waals surface area contributed by atoms with Gasteiger partial charge >= 0.3 is 0 Å². The molecule has 2 aromatic rings. The summed E-state index contributed by atoms with van der Waals surface area (Å²) in [7, 11) is -3.62. The zero-order chi connectivity index (χ0) is 19.7. The first-order valence-electron chi connectivity index (χ1n) is 9.96. The molecular weight excluding hydrogens is 378 g/mol. The summed E-state index contributed by atoms with van der Waals surface area (Å²) in [5.41, 5.74) is 1.03. The predicted octanol–water partition coefficient (Wildman–Crippen LogP) is 1.92. The van der Waals surface area contributed by atoms with Gasteiger partial charge in [-0.25, -0.2) is 8.42 Å². The van der Waals surface area contributed by atoms with Gasteiger partial charge in [-0.2, -0.15) is 4.31 Å². The van der Waals surface area contributed by atoms with Crippen LogP contribution in [0.15, 0.2) is 35.4 Å². The molecule has 4 rings (SSSR count). The molecule has 1 unspecified atom stereocenters. The smallest absolute Gasteiger partial charge is 0.243 e. The Balaban J connectivity index is 1.54. The molecule has 28 heavy (non-hydrogen) atoms. The monoisotopic (exact) mass is 405 g/mol. The number of hydrogen-bond donors (Lipinski definition) is 0. The van der Waals surface area contributed by atoms with E-state index in [1.165, 1.54) is 4.31 Å². The highest BCUT2D eigenvalue weighted by molar-refractivity contribution is 7.89. The van der Waals surface area contributed by atoms with E-state index in [1.54, 1.807) is 12.1 Å². The van der Waals surface area contributed by atoms with Crippen molar-refractivity contribution < 1.29 is 17.9 Å². The van der Waals surface area contributed by atoms with Crippen LogP contribution >= 0.6 is 0 Å². The van der Waals surface area contributed by atoms with Crippen molar-refractivity contribution in [3.05, 3.63) is 30.5 Å². The molecule has 0 aliphatic carbocycles. The van der Waals surface area contributed by atoms with E-state index in [1.807, 2.05) is 23.2 Å². The maximum absolute atomic E-state index is 13.2. The zero-order valence-corrected chi connectivity index (χ0v) is 17.0. The molecular formula is C20H27N3O4S. The van der Waals surface area contributed by atoms with Gasteiger partial charge in [-0.3, -0.25) is 4.79 Å². The third-order valence-corrected chi connectivity index (χ3v) is 7.64. The standard InChI is InChI=1S/C20H27N3O4S/c1-2-21-9-7-16-14-18(5-6-19(16)21)28(25,26)23-8-3-4-17(15-23)20(24)22-10-12-27-13-11-22/h5-7,9,14,17H,2-4,8,10-13,15H2,1H3. The van der Waals surface area contributed by atoms with Crippen LogP contribution in [0.5, 0.6) is 0 Å². The van der Waals surface area contributed by atoms with Gasteiger partial charge in [-0.15, -0.1) is 0 Å². The first-order valence-corrected chi connectivity index (χ1v) is 11.4. The van der Waals surface area contributed by atoms with Gasteiger partial charge < -0.3 is 14.2 Å². The fraction of sp³-hybridized carbons (Fsp3) is 0.550. The molecule has 7 nitrogen and oxygen atoms in total. The number of fused-ring (bicyclic) bond motifs is 1. The van der Waals surface area contributed by atoms with Crippen LogP contribution in [0, 0.1) is 5.92 Å². The number of aryl methyl sites for hydroxylation is 1. The Morgan fingerprint density at radius 1 is 1.18 bits per heavy atom. The number of hydrogen-bond acceptors (Lipinski definition) is 4. The summed E-state index contributed by atoms with van der Waals surface area (Å²) in [6.07, 6.45) is 3.41. The number of carbonyl (C=O) groups is 1. The van der Waals surface area contributed by atoms with Crippen LogP contribution in [-0.4, -0.2) is 67.5 Å². The van der Waals surface area contributed by atoms with Crippen LogP contribution in [0.25, 0.3) is 10.9 Å². The average molecular weight is 406 g/mol. The van der Waals surface area contributed by atoms with Crippen molar-refractivity contribution in [3.63, 3.8) is 0 Å². The quantitative estimate of drug-likeness (QED) is 0.779. The molecule has 0 bridgehead atoms. The molecule has 3 heterocycles. The highest BCUT2D eigenvalue weighted by atomic mass is 32.2. The third kappa shape index (κ3) is 3.56. The van der Waals surface area contributed by atoms with Crippen molar-refractivity contribution in [2.24, 2.45) is 5.92 Å². The van der Waals surface area contributed by atoms with Gasteiger partial charge in [-0.05, 0) is 44.0 Å². The molecule has 152 valence electrons. The molecule has 0 saturated carbocycles. The molecule has 1 aromatic carbocycles. The van der Waals surface area contributed by atoms with Crippen LogP contribution in [0.2, 0.25) is 0 Å². The van der Waals surface area contributed by atoms with E-state index < -0.39 is 10.0 Å². The van der Waals surface area contributed by atoms with Gasteiger partial charge in [-0.1, -0.05) is 0 Å². The predicted molar refractivity (Wildman–Crippen MR) is 106 cm³/mol. The average Bonchev–Trinajstić information content (AvgIpc) is 3.16. The van der Waals surface area contributed by atoms with Crippen LogP contribution in [0.3, 0.4) is 0 Å². The minimum atomic E-state index is -3.62.